The summed E-state index contributed by atoms with van der Waals surface area (Å²) in [5.74, 6) is 1.46. The van der Waals surface area contributed by atoms with E-state index in [1.165, 1.54) is 6.42 Å². The first-order chi connectivity index (χ1) is 8.54. The molecule has 0 bridgehead atoms. The number of hydrogen-bond donors (Lipinski definition) is 1. The lowest BCUT2D eigenvalue weighted by Crippen LogP contribution is -2.43. The molecule has 0 unspecified atom stereocenters. The standard InChI is InChI=1S/C15H22N2O/c1-11-7-12(2)10-17(9-11)15(18)8-13-3-5-14(16)6-4-13/h3-6,11-12H,7-10,16H2,1-2H3/t11-,12+. The molecule has 98 valence electrons. The van der Waals surface area contributed by atoms with Crippen molar-refractivity contribution in [3.05, 3.63) is 29.8 Å². The molecular weight excluding hydrogens is 224 g/mol. The van der Waals surface area contributed by atoms with E-state index in [9.17, 15) is 4.79 Å². The number of nitrogens with two attached hydrogens (primary N) is 1. The van der Waals surface area contributed by atoms with Crippen molar-refractivity contribution in [2.75, 3.05) is 18.8 Å². The molecule has 3 nitrogen and oxygen atoms in total. The Kier molecular flexibility index (Phi) is 3.90. The topological polar surface area (TPSA) is 46.3 Å². The monoisotopic (exact) mass is 246 g/mol. The van der Waals surface area contributed by atoms with Crippen LogP contribution >= 0.6 is 0 Å². The fraction of sp³-hybridized carbons (Fsp3) is 0.533. The molecule has 2 rings (SSSR count). The lowest BCUT2D eigenvalue weighted by molar-refractivity contribution is -0.133. The second kappa shape index (κ2) is 5.42. The van der Waals surface area contributed by atoms with Gasteiger partial charge in [0.2, 0.25) is 5.91 Å². The zero-order valence-corrected chi connectivity index (χ0v) is 11.2. The van der Waals surface area contributed by atoms with Gasteiger partial charge in [-0.3, -0.25) is 4.79 Å². The number of anilines is 1. The van der Waals surface area contributed by atoms with Gasteiger partial charge in [0.05, 0.1) is 6.42 Å². The quantitative estimate of drug-likeness (QED) is 0.814. The van der Waals surface area contributed by atoms with Gasteiger partial charge in [-0.1, -0.05) is 26.0 Å². The van der Waals surface area contributed by atoms with E-state index in [0.717, 1.165) is 24.3 Å². The molecule has 1 aliphatic heterocycles. The first kappa shape index (κ1) is 12.9. The normalized spacial score (nSPS) is 24.0. The number of nitrogens with zero attached hydrogens (tertiary/aromatic N) is 1. The van der Waals surface area contributed by atoms with Crippen LogP contribution < -0.4 is 5.73 Å². The fourth-order valence-electron chi connectivity index (χ4n) is 2.79. The van der Waals surface area contributed by atoms with Crippen molar-refractivity contribution >= 4 is 11.6 Å². The molecule has 1 amide bonds. The first-order valence-corrected chi connectivity index (χ1v) is 6.67. The van der Waals surface area contributed by atoms with Crippen LogP contribution in [0.5, 0.6) is 0 Å². The van der Waals surface area contributed by atoms with Crippen molar-refractivity contribution in [1.82, 2.24) is 4.90 Å². The number of rotatable bonds is 2. The summed E-state index contributed by atoms with van der Waals surface area (Å²) in [6, 6.07) is 7.57. The highest BCUT2D eigenvalue weighted by molar-refractivity contribution is 5.79. The third-order valence-corrected chi connectivity index (χ3v) is 3.56. The molecule has 1 saturated heterocycles. The van der Waals surface area contributed by atoms with Gasteiger partial charge in [-0.05, 0) is 36.0 Å². The Bertz CT molecular complexity index is 403. The predicted octanol–water partition coefficient (Wildman–Crippen LogP) is 2.32. The number of carbonyl (C=O) groups is 1. The van der Waals surface area contributed by atoms with Crippen LogP contribution in [0.2, 0.25) is 0 Å². The zero-order chi connectivity index (χ0) is 13.1. The van der Waals surface area contributed by atoms with E-state index >= 15 is 0 Å². The van der Waals surface area contributed by atoms with E-state index in [1.807, 2.05) is 29.2 Å². The first-order valence-electron chi connectivity index (χ1n) is 6.67. The second-order valence-electron chi connectivity index (χ2n) is 5.66. The summed E-state index contributed by atoms with van der Waals surface area (Å²) >= 11 is 0. The predicted molar refractivity (Wildman–Crippen MR) is 74.1 cm³/mol. The highest BCUT2D eigenvalue weighted by atomic mass is 16.2. The van der Waals surface area contributed by atoms with Crippen molar-refractivity contribution in [3.63, 3.8) is 0 Å². The van der Waals surface area contributed by atoms with Crippen molar-refractivity contribution in [2.24, 2.45) is 11.8 Å². The van der Waals surface area contributed by atoms with E-state index < -0.39 is 0 Å². The van der Waals surface area contributed by atoms with E-state index in [1.54, 1.807) is 0 Å². The molecule has 0 aromatic heterocycles. The summed E-state index contributed by atoms with van der Waals surface area (Å²) < 4.78 is 0. The molecule has 1 aromatic carbocycles. The van der Waals surface area contributed by atoms with Gasteiger partial charge in [0.25, 0.3) is 0 Å². The molecule has 0 aliphatic carbocycles. The Labute approximate surface area is 109 Å². The summed E-state index contributed by atoms with van der Waals surface area (Å²) in [5, 5.41) is 0. The van der Waals surface area contributed by atoms with Crippen molar-refractivity contribution in [1.29, 1.82) is 0 Å². The SMILES string of the molecule is C[C@@H]1C[C@H](C)CN(C(=O)Cc2ccc(N)cc2)C1. The smallest absolute Gasteiger partial charge is 0.227 e. The van der Waals surface area contributed by atoms with Crippen LogP contribution in [-0.2, 0) is 11.2 Å². The zero-order valence-electron chi connectivity index (χ0n) is 11.2. The minimum absolute atomic E-state index is 0.234. The van der Waals surface area contributed by atoms with E-state index in [4.69, 9.17) is 5.73 Å². The number of carbonyl (C=O) groups excluding carboxylic acids is 1. The fourth-order valence-corrected chi connectivity index (χ4v) is 2.79. The summed E-state index contributed by atoms with van der Waals surface area (Å²) in [6.45, 7) is 6.24. The average Bonchev–Trinajstić information content (AvgIpc) is 2.31. The van der Waals surface area contributed by atoms with Crippen molar-refractivity contribution in [3.8, 4) is 0 Å². The maximum absolute atomic E-state index is 12.2. The Morgan fingerprint density at radius 2 is 1.78 bits per heavy atom. The maximum Gasteiger partial charge on any atom is 0.227 e. The van der Waals surface area contributed by atoms with Gasteiger partial charge in [0, 0.05) is 18.8 Å². The molecule has 0 saturated carbocycles. The van der Waals surface area contributed by atoms with Gasteiger partial charge in [-0.15, -0.1) is 0 Å². The van der Waals surface area contributed by atoms with Gasteiger partial charge in [0.1, 0.15) is 0 Å². The van der Waals surface area contributed by atoms with Crippen molar-refractivity contribution in [2.45, 2.75) is 26.7 Å². The number of amides is 1. The van der Waals surface area contributed by atoms with Crippen LogP contribution in [0.15, 0.2) is 24.3 Å². The van der Waals surface area contributed by atoms with Crippen LogP contribution in [0.4, 0.5) is 5.69 Å². The molecular formula is C15H22N2O. The molecule has 2 atom stereocenters. The molecule has 2 N–H and O–H groups in total. The largest absolute Gasteiger partial charge is 0.399 e. The minimum atomic E-state index is 0.234. The van der Waals surface area contributed by atoms with Gasteiger partial charge in [-0.2, -0.15) is 0 Å². The highest BCUT2D eigenvalue weighted by Gasteiger charge is 2.25. The van der Waals surface area contributed by atoms with Crippen LogP contribution in [-0.4, -0.2) is 23.9 Å². The van der Waals surface area contributed by atoms with Gasteiger partial charge in [-0.25, -0.2) is 0 Å². The molecule has 1 fully saturated rings. The number of benzene rings is 1. The third-order valence-electron chi connectivity index (χ3n) is 3.56. The van der Waals surface area contributed by atoms with E-state index in [2.05, 4.69) is 13.8 Å². The van der Waals surface area contributed by atoms with E-state index in [-0.39, 0.29) is 5.91 Å². The minimum Gasteiger partial charge on any atom is -0.399 e. The third kappa shape index (κ3) is 3.25. The molecule has 18 heavy (non-hydrogen) atoms. The second-order valence-corrected chi connectivity index (χ2v) is 5.66. The number of piperidine rings is 1. The lowest BCUT2D eigenvalue weighted by atomic mass is 9.91. The van der Waals surface area contributed by atoms with Crippen LogP contribution in [0, 0.1) is 11.8 Å². The summed E-state index contributed by atoms with van der Waals surface area (Å²) in [5.41, 5.74) is 7.43. The summed E-state index contributed by atoms with van der Waals surface area (Å²) in [4.78, 5) is 14.2. The van der Waals surface area contributed by atoms with Crippen LogP contribution in [0.25, 0.3) is 0 Å². The average molecular weight is 246 g/mol. The molecule has 1 aromatic rings. The van der Waals surface area contributed by atoms with Crippen LogP contribution in [0.3, 0.4) is 0 Å². The van der Waals surface area contributed by atoms with Crippen molar-refractivity contribution < 1.29 is 4.79 Å². The van der Waals surface area contributed by atoms with Gasteiger partial charge >= 0.3 is 0 Å². The number of nitrogen functional groups attached to an aromatic ring is 1. The molecule has 0 radical (unpaired) electrons. The maximum atomic E-state index is 12.2. The Morgan fingerprint density at radius 3 is 2.33 bits per heavy atom. The molecule has 1 aliphatic rings. The highest BCUT2D eigenvalue weighted by Crippen LogP contribution is 2.21. The van der Waals surface area contributed by atoms with Gasteiger partial charge < -0.3 is 10.6 Å². The summed E-state index contributed by atoms with van der Waals surface area (Å²) in [6.07, 6.45) is 1.71. The molecule has 0 spiro atoms. The van der Waals surface area contributed by atoms with Crippen LogP contribution in [0.1, 0.15) is 25.8 Å². The number of hydrogen-bond acceptors (Lipinski definition) is 2. The number of likely N-dealkylation sites (tertiary alicyclic amines) is 1. The molecule has 3 heteroatoms. The Morgan fingerprint density at radius 1 is 1.22 bits per heavy atom. The Balaban J connectivity index is 1.97. The molecule has 1 heterocycles. The van der Waals surface area contributed by atoms with Gasteiger partial charge in [0.15, 0.2) is 0 Å². The lowest BCUT2D eigenvalue weighted by Gasteiger charge is -2.35. The van der Waals surface area contributed by atoms with E-state index in [0.29, 0.717) is 18.3 Å². The summed E-state index contributed by atoms with van der Waals surface area (Å²) in [7, 11) is 0. The Hall–Kier alpha value is -1.51.